The Hall–Kier alpha value is -2.21. The zero-order valence-electron chi connectivity index (χ0n) is 9.42. The van der Waals surface area contributed by atoms with Crippen molar-refractivity contribution in [2.75, 3.05) is 12.8 Å². The zero-order chi connectivity index (χ0) is 13.1. The number of methoxy groups -OCH3 is 1. The van der Waals surface area contributed by atoms with Gasteiger partial charge in [-0.1, -0.05) is 11.6 Å². The van der Waals surface area contributed by atoms with E-state index in [2.05, 4.69) is 19.7 Å². The van der Waals surface area contributed by atoms with E-state index in [1.165, 1.54) is 13.3 Å². The third kappa shape index (κ3) is 2.23. The van der Waals surface area contributed by atoms with E-state index >= 15 is 0 Å². The predicted molar refractivity (Wildman–Crippen MR) is 66.0 cm³/mol. The number of carbonyl (C=O) groups excluding carboxylic acids is 1. The van der Waals surface area contributed by atoms with E-state index in [-0.39, 0.29) is 11.5 Å². The largest absolute Gasteiger partial charge is 0.464 e. The molecule has 0 fully saturated rings. The summed E-state index contributed by atoms with van der Waals surface area (Å²) < 4.78 is 4.56. The molecule has 0 atom stereocenters. The van der Waals surface area contributed by atoms with Crippen LogP contribution < -0.4 is 5.73 Å². The molecule has 0 saturated carbocycles. The van der Waals surface area contributed by atoms with Crippen molar-refractivity contribution in [2.45, 2.75) is 0 Å². The van der Waals surface area contributed by atoms with Gasteiger partial charge in [0.1, 0.15) is 11.4 Å². The van der Waals surface area contributed by atoms with Crippen molar-refractivity contribution in [1.29, 1.82) is 0 Å². The highest BCUT2D eigenvalue weighted by Crippen LogP contribution is 2.24. The summed E-state index contributed by atoms with van der Waals surface area (Å²) in [6.07, 6.45) is 2.97. The number of pyridine rings is 1. The number of aromatic nitrogens is 3. The molecular formula is C11H9ClN4O2. The van der Waals surface area contributed by atoms with E-state index in [9.17, 15) is 4.79 Å². The van der Waals surface area contributed by atoms with Crippen molar-refractivity contribution in [1.82, 2.24) is 15.0 Å². The van der Waals surface area contributed by atoms with Crippen molar-refractivity contribution in [3.05, 3.63) is 35.2 Å². The summed E-state index contributed by atoms with van der Waals surface area (Å²) in [5.74, 6) is -0.661. The smallest absolute Gasteiger partial charge is 0.360 e. The molecule has 2 aromatic heterocycles. The molecule has 2 rings (SSSR count). The normalized spacial score (nSPS) is 10.1. The maximum atomic E-state index is 11.4. The van der Waals surface area contributed by atoms with Gasteiger partial charge in [-0.05, 0) is 12.1 Å². The van der Waals surface area contributed by atoms with E-state index in [1.807, 2.05) is 0 Å². The number of esters is 1. The second-order valence-electron chi connectivity index (χ2n) is 3.31. The van der Waals surface area contributed by atoms with Crippen molar-refractivity contribution < 1.29 is 9.53 Å². The van der Waals surface area contributed by atoms with Gasteiger partial charge in [0.2, 0.25) is 0 Å². The van der Waals surface area contributed by atoms with E-state index in [1.54, 1.807) is 18.3 Å². The molecule has 0 amide bonds. The summed E-state index contributed by atoms with van der Waals surface area (Å²) in [7, 11) is 1.24. The summed E-state index contributed by atoms with van der Waals surface area (Å²) >= 11 is 5.99. The predicted octanol–water partition coefficient (Wildman–Crippen LogP) is 1.56. The first kappa shape index (κ1) is 12.3. The van der Waals surface area contributed by atoms with Gasteiger partial charge < -0.3 is 10.5 Å². The van der Waals surface area contributed by atoms with Gasteiger partial charge in [0.05, 0.1) is 18.3 Å². The van der Waals surface area contributed by atoms with Gasteiger partial charge in [-0.2, -0.15) is 0 Å². The van der Waals surface area contributed by atoms with Crippen molar-refractivity contribution in [3.63, 3.8) is 0 Å². The number of nitrogens with zero attached hydrogens (tertiary/aromatic N) is 3. The van der Waals surface area contributed by atoms with Crippen molar-refractivity contribution in [3.8, 4) is 11.4 Å². The number of anilines is 1. The first-order valence-corrected chi connectivity index (χ1v) is 5.33. The second kappa shape index (κ2) is 4.97. The fourth-order valence-corrected chi connectivity index (χ4v) is 1.55. The van der Waals surface area contributed by atoms with Crippen LogP contribution in [0.2, 0.25) is 5.02 Å². The minimum absolute atomic E-state index is 0.00217. The maximum absolute atomic E-state index is 11.4. The molecule has 0 aliphatic rings. The molecule has 0 aliphatic carbocycles. The van der Waals surface area contributed by atoms with Crippen LogP contribution in [0.15, 0.2) is 24.5 Å². The van der Waals surface area contributed by atoms with Gasteiger partial charge in [-0.3, -0.25) is 4.98 Å². The van der Waals surface area contributed by atoms with E-state index < -0.39 is 5.97 Å². The SMILES string of the molecule is COC(=O)c1nc(-c2ncccc2Cl)cnc1N. The molecule has 0 aromatic carbocycles. The standard InChI is InChI=1S/C11H9ClN4O2/c1-18-11(17)9-10(13)15-5-7(16-9)8-6(12)3-2-4-14-8/h2-5H,1H3,(H2,13,15). The average Bonchev–Trinajstić information content (AvgIpc) is 2.39. The summed E-state index contributed by atoms with van der Waals surface area (Å²) in [6.45, 7) is 0. The number of halogens is 1. The number of hydrogen-bond donors (Lipinski definition) is 1. The molecule has 7 heteroatoms. The van der Waals surface area contributed by atoms with Gasteiger partial charge in [0.25, 0.3) is 0 Å². The van der Waals surface area contributed by atoms with Crippen molar-refractivity contribution >= 4 is 23.4 Å². The van der Waals surface area contributed by atoms with Crippen LogP contribution in [-0.4, -0.2) is 28.0 Å². The minimum Gasteiger partial charge on any atom is -0.464 e. The van der Waals surface area contributed by atoms with Gasteiger partial charge in [-0.25, -0.2) is 14.8 Å². The molecule has 0 bridgehead atoms. The van der Waals surface area contributed by atoms with Crippen LogP contribution in [-0.2, 0) is 4.74 Å². The Morgan fingerprint density at radius 3 is 2.89 bits per heavy atom. The maximum Gasteiger partial charge on any atom is 0.360 e. The Morgan fingerprint density at radius 2 is 2.22 bits per heavy atom. The van der Waals surface area contributed by atoms with Crippen LogP contribution in [0.3, 0.4) is 0 Å². The number of ether oxygens (including phenoxy) is 1. The Bertz CT molecular complexity index is 603. The molecule has 0 aliphatic heterocycles. The highest BCUT2D eigenvalue weighted by atomic mass is 35.5. The molecule has 0 radical (unpaired) electrons. The van der Waals surface area contributed by atoms with Crippen LogP contribution in [0.4, 0.5) is 5.82 Å². The summed E-state index contributed by atoms with van der Waals surface area (Å²) in [5.41, 5.74) is 6.28. The number of hydrogen-bond acceptors (Lipinski definition) is 6. The second-order valence-corrected chi connectivity index (χ2v) is 3.72. The lowest BCUT2D eigenvalue weighted by Crippen LogP contribution is -2.10. The molecule has 92 valence electrons. The molecule has 2 N–H and O–H groups in total. The highest BCUT2D eigenvalue weighted by Gasteiger charge is 2.16. The molecule has 18 heavy (non-hydrogen) atoms. The number of nitrogens with two attached hydrogens (primary N) is 1. The number of nitrogen functional groups attached to an aromatic ring is 1. The molecule has 0 spiro atoms. The number of carbonyl (C=O) groups is 1. The third-order valence-corrected chi connectivity index (χ3v) is 2.49. The van der Waals surface area contributed by atoms with Gasteiger partial charge in [-0.15, -0.1) is 0 Å². The Labute approximate surface area is 108 Å². The summed E-state index contributed by atoms with van der Waals surface area (Å²) in [6, 6.07) is 3.36. The molecule has 2 heterocycles. The Kier molecular flexibility index (Phi) is 3.38. The average molecular weight is 265 g/mol. The first-order valence-electron chi connectivity index (χ1n) is 4.95. The molecular weight excluding hydrogens is 256 g/mol. The zero-order valence-corrected chi connectivity index (χ0v) is 10.2. The third-order valence-electron chi connectivity index (χ3n) is 2.18. The topological polar surface area (TPSA) is 91.0 Å². The number of rotatable bonds is 2. The van der Waals surface area contributed by atoms with E-state index in [0.717, 1.165) is 0 Å². The van der Waals surface area contributed by atoms with Gasteiger partial charge in [0, 0.05) is 6.20 Å². The monoisotopic (exact) mass is 264 g/mol. The lowest BCUT2D eigenvalue weighted by atomic mass is 10.2. The van der Waals surface area contributed by atoms with E-state index in [0.29, 0.717) is 16.4 Å². The molecule has 0 unspecified atom stereocenters. The van der Waals surface area contributed by atoms with Crippen LogP contribution in [0.1, 0.15) is 10.5 Å². The highest BCUT2D eigenvalue weighted by molar-refractivity contribution is 6.32. The van der Waals surface area contributed by atoms with Gasteiger partial charge in [0.15, 0.2) is 11.5 Å². The van der Waals surface area contributed by atoms with E-state index in [4.69, 9.17) is 17.3 Å². The minimum atomic E-state index is -0.658. The van der Waals surface area contributed by atoms with Crippen molar-refractivity contribution in [2.24, 2.45) is 0 Å². The summed E-state index contributed by atoms with van der Waals surface area (Å²) in [5, 5.41) is 0.410. The fraction of sp³-hybridized carbons (Fsp3) is 0.0909. The van der Waals surface area contributed by atoms with Crippen LogP contribution >= 0.6 is 11.6 Å². The lowest BCUT2D eigenvalue weighted by Gasteiger charge is -2.05. The first-order chi connectivity index (χ1) is 8.63. The molecule has 0 saturated heterocycles. The molecule has 2 aromatic rings. The Balaban J connectivity index is 2.54. The van der Waals surface area contributed by atoms with Gasteiger partial charge >= 0.3 is 5.97 Å². The van der Waals surface area contributed by atoms with Crippen LogP contribution in [0, 0.1) is 0 Å². The lowest BCUT2D eigenvalue weighted by molar-refractivity contribution is 0.0595. The Morgan fingerprint density at radius 1 is 1.44 bits per heavy atom. The van der Waals surface area contributed by atoms with Crippen LogP contribution in [0.5, 0.6) is 0 Å². The summed E-state index contributed by atoms with van der Waals surface area (Å²) in [4.78, 5) is 23.5. The molecule has 6 nitrogen and oxygen atoms in total. The fourth-order valence-electron chi connectivity index (χ4n) is 1.33. The quantitative estimate of drug-likeness (QED) is 0.828. The van der Waals surface area contributed by atoms with Crippen LogP contribution in [0.25, 0.3) is 11.4 Å².